The van der Waals surface area contributed by atoms with E-state index in [-0.39, 0.29) is 17.0 Å². The van der Waals surface area contributed by atoms with Gasteiger partial charge >= 0.3 is 5.97 Å². The molecule has 3 aromatic rings. The summed E-state index contributed by atoms with van der Waals surface area (Å²) in [7, 11) is 3.95. The van der Waals surface area contributed by atoms with E-state index in [9.17, 15) is 19.5 Å². The summed E-state index contributed by atoms with van der Waals surface area (Å²) in [6.07, 6.45) is 3.00. The molecule has 0 aliphatic carbocycles. The Morgan fingerprint density at radius 1 is 0.977 bits per heavy atom. The summed E-state index contributed by atoms with van der Waals surface area (Å²) >= 11 is 0. The van der Waals surface area contributed by atoms with Crippen LogP contribution in [0.4, 0.5) is 4.39 Å². The van der Waals surface area contributed by atoms with E-state index in [0.717, 1.165) is 39.9 Å². The smallest absolute Gasteiger partial charge is 0.305 e. The monoisotopic (exact) mass is 591 g/mol. The Bertz CT molecular complexity index is 1510. The summed E-state index contributed by atoms with van der Waals surface area (Å²) in [6, 6.07) is 8.83. The molecule has 2 unspecified atom stereocenters. The first-order chi connectivity index (χ1) is 20.2. The normalized spacial score (nSPS) is 12.9. The third-order valence-corrected chi connectivity index (χ3v) is 8.00. The fourth-order valence-electron chi connectivity index (χ4n) is 5.57. The van der Waals surface area contributed by atoms with Crippen molar-refractivity contribution in [3.63, 3.8) is 0 Å². The molecule has 2 atom stereocenters. The van der Waals surface area contributed by atoms with Gasteiger partial charge in [0.1, 0.15) is 11.9 Å². The van der Waals surface area contributed by atoms with Gasteiger partial charge in [-0.15, -0.1) is 0 Å². The lowest BCUT2D eigenvalue weighted by Crippen LogP contribution is -2.40. The second-order valence-corrected chi connectivity index (χ2v) is 12.4. The zero-order valence-electron chi connectivity index (χ0n) is 26.8. The molecule has 0 radical (unpaired) electrons. The number of aromatic nitrogens is 1. The van der Waals surface area contributed by atoms with Crippen molar-refractivity contribution in [3.8, 4) is 11.1 Å². The Morgan fingerprint density at radius 3 is 2.21 bits per heavy atom. The average molecular weight is 592 g/mol. The number of aryl methyl sites for hydroxylation is 4. The number of pyridine rings is 1. The third-order valence-electron chi connectivity index (χ3n) is 8.00. The maximum atomic E-state index is 15.7. The molecule has 0 fully saturated rings. The molecule has 0 saturated heterocycles. The molecule has 3 rings (SSSR count). The Labute approximate surface area is 254 Å². The third kappa shape index (κ3) is 8.63. The van der Waals surface area contributed by atoms with Crippen LogP contribution in [0.3, 0.4) is 0 Å². The van der Waals surface area contributed by atoms with Crippen molar-refractivity contribution < 1.29 is 19.1 Å². The van der Waals surface area contributed by atoms with Crippen LogP contribution in [0.5, 0.6) is 0 Å². The predicted octanol–water partition coefficient (Wildman–Crippen LogP) is 6.30. The number of rotatable bonds is 13. The van der Waals surface area contributed by atoms with Gasteiger partial charge in [0.2, 0.25) is 5.91 Å². The summed E-state index contributed by atoms with van der Waals surface area (Å²) < 4.78 is 17.2. The number of nitrogens with zero attached hydrogens (tertiary/aromatic N) is 2. The lowest BCUT2D eigenvalue weighted by molar-refractivity contribution is -0.138. The Hall–Kier alpha value is -3.78. The van der Waals surface area contributed by atoms with E-state index in [1.165, 1.54) is 4.57 Å². The first kappa shape index (κ1) is 33.7. The molecule has 1 aromatic heterocycles. The largest absolute Gasteiger partial charge is 0.481 e. The first-order valence-corrected chi connectivity index (χ1v) is 14.9. The number of aliphatic carboxylic acids is 1. The van der Waals surface area contributed by atoms with Gasteiger partial charge in [0, 0.05) is 24.4 Å². The van der Waals surface area contributed by atoms with E-state index >= 15 is 4.39 Å². The molecule has 0 aliphatic rings. The van der Waals surface area contributed by atoms with Crippen molar-refractivity contribution in [2.45, 2.75) is 79.3 Å². The lowest BCUT2D eigenvalue weighted by atomic mass is 9.90. The fraction of sp³-hybridized carbons (Fsp3) is 0.457. The van der Waals surface area contributed by atoms with Crippen molar-refractivity contribution in [1.29, 1.82) is 0 Å². The van der Waals surface area contributed by atoms with Gasteiger partial charge in [-0.05, 0) is 118 Å². The average Bonchev–Trinajstić information content (AvgIpc) is 2.90. The van der Waals surface area contributed by atoms with Crippen LogP contribution in [0.2, 0.25) is 0 Å². The second-order valence-electron chi connectivity index (χ2n) is 12.4. The van der Waals surface area contributed by atoms with Crippen molar-refractivity contribution in [3.05, 3.63) is 92.1 Å². The summed E-state index contributed by atoms with van der Waals surface area (Å²) in [6.45, 7) is 12.3. The number of hydrogen-bond acceptors (Lipinski definition) is 4. The molecule has 232 valence electrons. The summed E-state index contributed by atoms with van der Waals surface area (Å²) in [5, 5.41) is 12.7. The number of nitrogens with one attached hydrogen (secondary N) is 1. The van der Waals surface area contributed by atoms with Crippen molar-refractivity contribution in [2.75, 3.05) is 20.6 Å². The molecular formula is C35H46FN3O4. The van der Waals surface area contributed by atoms with Crippen LogP contribution in [-0.4, -0.2) is 47.1 Å². The molecule has 2 aromatic carbocycles. The molecular weight excluding hydrogens is 545 g/mol. The van der Waals surface area contributed by atoms with Crippen molar-refractivity contribution in [1.82, 2.24) is 14.8 Å². The molecule has 0 aliphatic heterocycles. The van der Waals surface area contributed by atoms with Crippen molar-refractivity contribution >= 4 is 11.9 Å². The van der Waals surface area contributed by atoms with Gasteiger partial charge in [-0.25, -0.2) is 4.39 Å². The highest BCUT2D eigenvalue weighted by atomic mass is 19.1. The number of carboxylic acid groups (broad SMARTS) is 1. The number of benzene rings is 2. The number of likely N-dealkylation sites (N-methyl/N-ethyl adjacent to an activating group) is 1. The number of amides is 1. The van der Waals surface area contributed by atoms with E-state index in [2.05, 4.69) is 10.2 Å². The van der Waals surface area contributed by atoms with Crippen LogP contribution in [0.15, 0.2) is 47.4 Å². The van der Waals surface area contributed by atoms with Gasteiger partial charge in [0.25, 0.3) is 5.56 Å². The minimum atomic E-state index is -1.17. The maximum Gasteiger partial charge on any atom is 0.305 e. The number of hydrogen-bond donors (Lipinski definition) is 2. The molecule has 1 heterocycles. The molecule has 0 bridgehead atoms. The lowest BCUT2D eigenvalue weighted by Gasteiger charge is -2.26. The van der Waals surface area contributed by atoms with E-state index in [4.69, 9.17) is 0 Å². The molecule has 8 heteroatoms. The van der Waals surface area contributed by atoms with Gasteiger partial charge in [0.05, 0.1) is 12.5 Å². The van der Waals surface area contributed by atoms with Gasteiger partial charge in [-0.2, -0.15) is 0 Å². The number of carbonyl (C=O) groups excluding carboxylic acids is 1. The van der Waals surface area contributed by atoms with E-state index in [1.807, 2.05) is 66.9 Å². The number of carbonyl (C=O) groups is 2. The molecule has 7 nitrogen and oxygen atoms in total. The first-order valence-electron chi connectivity index (χ1n) is 14.9. The SMILES string of the molecule is Cc1cc(=O)n(C(CCC(C)C)C(=O)NC(CC(=O)O)c2cc(-c3c(C)cccc3C)cc(C)c2F)cc1CCN(C)C. The topological polar surface area (TPSA) is 91.6 Å². The standard InChI is InChI=1S/C35H46FN3O4/c1-21(2)12-13-30(39-20-26(14-15-38(7)8)24(5)17-31(39)40)35(43)37-29(19-32(41)42)28-18-27(16-25(6)34(28)36)33-22(3)10-9-11-23(33)4/h9-11,16-18,20-21,29-30H,12-15,19H2,1-8H3,(H,37,43)(H,41,42). The fourth-order valence-corrected chi connectivity index (χ4v) is 5.57. The minimum Gasteiger partial charge on any atom is -0.481 e. The zero-order valence-corrected chi connectivity index (χ0v) is 26.8. The highest BCUT2D eigenvalue weighted by molar-refractivity contribution is 5.82. The minimum absolute atomic E-state index is 0.110. The van der Waals surface area contributed by atoms with Gasteiger partial charge in [0.15, 0.2) is 0 Å². The van der Waals surface area contributed by atoms with Crippen LogP contribution in [0.1, 0.15) is 78.6 Å². The van der Waals surface area contributed by atoms with Gasteiger partial charge < -0.3 is 19.9 Å². The summed E-state index contributed by atoms with van der Waals surface area (Å²) in [4.78, 5) is 41.3. The summed E-state index contributed by atoms with van der Waals surface area (Å²) in [5.74, 6) is -1.96. The van der Waals surface area contributed by atoms with Crippen LogP contribution in [-0.2, 0) is 16.0 Å². The maximum absolute atomic E-state index is 15.7. The van der Waals surface area contributed by atoms with Crippen LogP contribution in [0, 0.1) is 39.4 Å². The van der Waals surface area contributed by atoms with E-state index < -0.39 is 36.2 Å². The van der Waals surface area contributed by atoms with E-state index in [1.54, 1.807) is 31.3 Å². The highest BCUT2D eigenvalue weighted by Crippen LogP contribution is 2.33. The molecule has 0 saturated carbocycles. The predicted molar refractivity (Wildman–Crippen MR) is 170 cm³/mol. The molecule has 2 N–H and O–H groups in total. The zero-order chi connectivity index (χ0) is 32.0. The van der Waals surface area contributed by atoms with Crippen LogP contribution >= 0.6 is 0 Å². The van der Waals surface area contributed by atoms with Crippen LogP contribution < -0.4 is 10.9 Å². The number of carboxylic acids is 1. The Kier molecular flexibility index (Phi) is 11.4. The summed E-state index contributed by atoms with van der Waals surface area (Å²) in [5.41, 5.74) is 5.70. The van der Waals surface area contributed by atoms with Gasteiger partial charge in [-0.1, -0.05) is 32.0 Å². The van der Waals surface area contributed by atoms with E-state index in [0.29, 0.717) is 24.8 Å². The van der Waals surface area contributed by atoms with Gasteiger partial charge in [-0.3, -0.25) is 14.4 Å². The molecule has 0 spiro atoms. The number of halogens is 1. The molecule has 1 amide bonds. The Morgan fingerprint density at radius 2 is 1.63 bits per heavy atom. The second kappa shape index (κ2) is 14.6. The highest BCUT2D eigenvalue weighted by Gasteiger charge is 2.29. The van der Waals surface area contributed by atoms with Crippen LogP contribution in [0.25, 0.3) is 11.1 Å². The quantitative estimate of drug-likeness (QED) is 0.243. The van der Waals surface area contributed by atoms with Crippen molar-refractivity contribution in [2.24, 2.45) is 5.92 Å². The Balaban J connectivity index is 2.09. The molecule has 43 heavy (non-hydrogen) atoms.